The molecule has 3 N–H and O–H groups in total. The Morgan fingerprint density at radius 2 is 1.77 bits per heavy atom. The zero-order chi connectivity index (χ0) is 16.5. The van der Waals surface area contributed by atoms with E-state index in [4.69, 9.17) is 11.6 Å². The van der Waals surface area contributed by atoms with Crippen molar-refractivity contribution >= 4 is 23.5 Å². The molecule has 3 amide bonds. The summed E-state index contributed by atoms with van der Waals surface area (Å²) in [5.74, 6) is -0.184. The molecule has 0 unspecified atom stereocenters. The summed E-state index contributed by atoms with van der Waals surface area (Å²) in [4.78, 5) is 23.7. The highest BCUT2D eigenvalue weighted by atomic mass is 35.5. The summed E-state index contributed by atoms with van der Waals surface area (Å²) in [7, 11) is 0. The largest absolute Gasteiger partial charge is 0.354 e. The average Bonchev–Trinajstić information content (AvgIpc) is 2.51. The molecule has 1 aromatic rings. The van der Waals surface area contributed by atoms with Gasteiger partial charge in [0.1, 0.15) is 6.04 Å². The maximum absolute atomic E-state index is 12.0. The second kappa shape index (κ2) is 9.30. The molecule has 0 aromatic heterocycles. The molecule has 5 nitrogen and oxygen atoms in total. The first-order valence-electron chi connectivity index (χ1n) is 7.58. The smallest absolute Gasteiger partial charge is 0.315 e. The van der Waals surface area contributed by atoms with Crippen molar-refractivity contribution in [3.05, 3.63) is 34.9 Å². The van der Waals surface area contributed by atoms with Crippen LogP contribution in [-0.4, -0.2) is 24.5 Å². The van der Waals surface area contributed by atoms with Crippen LogP contribution in [0, 0.1) is 0 Å². The van der Waals surface area contributed by atoms with Crippen molar-refractivity contribution in [3.63, 3.8) is 0 Å². The Hall–Kier alpha value is -1.75. The molecule has 0 spiro atoms. The summed E-state index contributed by atoms with van der Waals surface area (Å²) in [6, 6.07) is 6.29. The Morgan fingerprint density at radius 1 is 1.14 bits per heavy atom. The first-order valence-corrected chi connectivity index (χ1v) is 7.95. The highest BCUT2D eigenvalue weighted by Gasteiger charge is 2.17. The lowest BCUT2D eigenvalue weighted by molar-refractivity contribution is -0.122. The number of nitrogens with one attached hydrogen (secondary N) is 3. The molecule has 0 saturated carbocycles. The maximum atomic E-state index is 12.0. The van der Waals surface area contributed by atoms with E-state index in [9.17, 15) is 9.59 Å². The van der Waals surface area contributed by atoms with E-state index in [1.165, 1.54) is 0 Å². The second-order valence-electron chi connectivity index (χ2n) is 5.14. The van der Waals surface area contributed by atoms with E-state index < -0.39 is 6.04 Å². The van der Waals surface area contributed by atoms with Crippen LogP contribution in [0.15, 0.2) is 24.3 Å². The van der Waals surface area contributed by atoms with Crippen LogP contribution in [0.1, 0.15) is 45.2 Å². The Morgan fingerprint density at radius 3 is 2.32 bits per heavy atom. The summed E-state index contributed by atoms with van der Waals surface area (Å²) >= 11 is 5.87. The van der Waals surface area contributed by atoms with Crippen molar-refractivity contribution in [2.24, 2.45) is 0 Å². The number of halogens is 1. The topological polar surface area (TPSA) is 70.2 Å². The van der Waals surface area contributed by atoms with Crippen LogP contribution in [0.25, 0.3) is 0 Å². The van der Waals surface area contributed by atoms with E-state index in [-0.39, 0.29) is 18.0 Å². The minimum atomic E-state index is -0.575. The van der Waals surface area contributed by atoms with Gasteiger partial charge in [-0.2, -0.15) is 0 Å². The second-order valence-corrected chi connectivity index (χ2v) is 5.58. The monoisotopic (exact) mass is 325 g/mol. The number of carbonyl (C=O) groups is 2. The normalized spacial score (nSPS) is 13.1. The summed E-state index contributed by atoms with van der Waals surface area (Å²) in [6.45, 7) is 6.22. The van der Waals surface area contributed by atoms with E-state index in [0.717, 1.165) is 18.4 Å². The number of hydrogen-bond donors (Lipinski definition) is 3. The Kier molecular flexibility index (Phi) is 7.74. The van der Waals surface area contributed by atoms with Crippen molar-refractivity contribution in [1.82, 2.24) is 16.0 Å². The molecule has 0 saturated heterocycles. The fourth-order valence-corrected chi connectivity index (χ4v) is 2.11. The molecule has 0 aliphatic carbocycles. The summed E-state index contributed by atoms with van der Waals surface area (Å²) in [6.07, 6.45) is 1.60. The van der Waals surface area contributed by atoms with Gasteiger partial charge in [0, 0.05) is 11.6 Å². The third-order valence-corrected chi connectivity index (χ3v) is 3.53. The van der Waals surface area contributed by atoms with Crippen LogP contribution in [0.4, 0.5) is 4.79 Å². The minimum Gasteiger partial charge on any atom is -0.354 e. The fraction of sp³-hybridized carbons (Fsp3) is 0.500. The van der Waals surface area contributed by atoms with Gasteiger partial charge in [-0.3, -0.25) is 4.79 Å². The highest BCUT2D eigenvalue weighted by molar-refractivity contribution is 6.30. The number of carbonyl (C=O) groups excluding carboxylic acids is 2. The van der Waals surface area contributed by atoms with Gasteiger partial charge in [0.05, 0.1) is 6.04 Å². The molecule has 2 atom stereocenters. The summed E-state index contributed by atoms with van der Waals surface area (Å²) in [5.41, 5.74) is 0.977. The molecule has 0 aliphatic rings. The molecule has 122 valence electrons. The lowest BCUT2D eigenvalue weighted by Crippen LogP contribution is -2.49. The molecule has 6 heteroatoms. The molecule has 1 rings (SSSR count). The SMILES string of the molecule is CCCNC(=O)[C@@H](C)NC(=O)N[C@H](CC)c1ccc(Cl)cc1. The van der Waals surface area contributed by atoms with E-state index in [1.807, 2.05) is 26.0 Å². The lowest BCUT2D eigenvalue weighted by Gasteiger charge is -2.20. The van der Waals surface area contributed by atoms with Crippen molar-refractivity contribution in [2.45, 2.75) is 45.7 Å². The van der Waals surface area contributed by atoms with Gasteiger partial charge < -0.3 is 16.0 Å². The Labute approximate surface area is 136 Å². The van der Waals surface area contributed by atoms with Gasteiger partial charge in [0.25, 0.3) is 0 Å². The first kappa shape index (κ1) is 18.3. The number of hydrogen-bond acceptors (Lipinski definition) is 2. The van der Waals surface area contributed by atoms with Crippen molar-refractivity contribution < 1.29 is 9.59 Å². The van der Waals surface area contributed by atoms with Gasteiger partial charge in [0.2, 0.25) is 5.91 Å². The molecule has 0 bridgehead atoms. The van der Waals surface area contributed by atoms with Crippen LogP contribution in [0.3, 0.4) is 0 Å². The molecule has 0 radical (unpaired) electrons. The van der Waals surface area contributed by atoms with E-state index in [0.29, 0.717) is 11.6 Å². The van der Waals surface area contributed by atoms with Gasteiger partial charge in [-0.1, -0.05) is 37.6 Å². The quantitative estimate of drug-likeness (QED) is 0.721. The summed E-state index contributed by atoms with van der Waals surface area (Å²) < 4.78 is 0. The van der Waals surface area contributed by atoms with Gasteiger partial charge in [-0.05, 0) is 37.5 Å². The highest BCUT2D eigenvalue weighted by Crippen LogP contribution is 2.18. The number of amides is 3. The Balaban J connectivity index is 2.54. The molecular formula is C16H24ClN3O2. The first-order chi connectivity index (χ1) is 10.5. The van der Waals surface area contributed by atoms with Crippen LogP contribution < -0.4 is 16.0 Å². The van der Waals surface area contributed by atoms with Crippen LogP contribution >= 0.6 is 11.6 Å². The van der Waals surface area contributed by atoms with E-state index in [2.05, 4.69) is 16.0 Å². The number of benzene rings is 1. The van der Waals surface area contributed by atoms with E-state index in [1.54, 1.807) is 19.1 Å². The van der Waals surface area contributed by atoms with Crippen LogP contribution in [-0.2, 0) is 4.79 Å². The minimum absolute atomic E-state index is 0.122. The standard InChI is InChI=1S/C16H24ClN3O2/c1-4-10-18-15(21)11(3)19-16(22)20-14(5-2)12-6-8-13(17)9-7-12/h6-9,11,14H,4-5,10H2,1-3H3,(H,18,21)(H2,19,20,22)/t11-,14-/m1/s1. The van der Waals surface area contributed by atoms with Gasteiger partial charge >= 0.3 is 6.03 Å². The predicted octanol–water partition coefficient (Wildman–Crippen LogP) is 3.01. The summed E-state index contributed by atoms with van der Waals surface area (Å²) in [5, 5.41) is 8.92. The Bertz CT molecular complexity index is 491. The number of rotatable bonds is 7. The van der Waals surface area contributed by atoms with Crippen molar-refractivity contribution in [2.75, 3.05) is 6.54 Å². The molecule has 22 heavy (non-hydrogen) atoms. The van der Waals surface area contributed by atoms with Crippen LogP contribution in [0.5, 0.6) is 0 Å². The maximum Gasteiger partial charge on any atom is 0.315 e. The third kappa shape index (κ3) is 5.93. The molecule has 0 heterocycles. The third-order valence-electron chi connectivity index (χ3n) is 3.28. The molecule has 0 aliphatic heterocycles. The predicted molar refractivity (Wildman–Crippen MR) is 88.9 cm³/mol. The lowest BCUT2D eigenvalue weighted by atomic mass is 10.1. The van der Waals surface area contributed by atoms with Crippen molar-refractivity contribution in [1.29, 1.82) is 0 Å². The van der Waals surface area contributed by atoms with Gasteiger partial charge in [0.15, 0.2) is 0 Å². The molecule has 0 fully saturated rings. The van der Waals surface area contributed by atoms with Gasteiger partial charge in [-0.25, -0.2) is 4.79 Å². The average molecular weight is 326 g/mol. The van der Waals surface area contributed by atoms with E-state index >= 15 is 0 Å². The molecule has 1 aromatic carbocycles. The number of urea groups is 1. The molecular weight excluding hydrogens is 302 g/mol. The fourth-order valence-electron chi connectivity index (χ4n) is 1.98. The van der Waals surface area contributed by atoms with Gasteiger partial charge in [-0.15, -0.1) is 0 Å². The van der Waals surface area contributed by atoms with Crippen LogP contribution in [0.2, 0.25) is 5.02 Å². The van der Waals surface area contributed by atoms with Crippen molar-refractivity contribution in [3.8, 4) is 0 Å². The zero-order valence-electron chi connectivity index (χ0n) is 13.3. The zero-order valence-corrected chi connectivity index (χ0v) is 14.0.